The first kappa shape index (κ1) is 14.5. The van der Waals surface area contributed by atoms with Gasteiger partial charge >= 0.3 is 0 Å². The maximum atomic E-state index is 13.6. The number of hydrogen-bond acceptors (Lipinski definition) is 1. The Bertz CT molecular complexity index is 374. The number of amides is 1. The van der Waals surface area contributed by atoms with Crippen molar-refractivity contribution >= 4 is 33.4 Å². The summed E-state index contributed by atoms with van der Waals surface area (Å²) in [5.41, 5.74) is -0.0384. The first-order valence-electron chi connectivity index (χ1n) is 5.41. The topological polar surface area (TPSA) is 20.3 Å². The van der Waals surface area contributed by atoms with Crippen molar-refractivity contribution in [1.82, 2.24) is 4.90 Å². The molecule has 1 rings (SSSR count). The number of carbonyl (C=O) groups is 1. The summed E-state index contributed by atoms with van der Waals surface area (Å²) in [4.78, 5) is 13.7. The molecule has 0 unspecified atom stereocenters. The van der Waals surface area contributed by atoms with Gasteiger partial charge in [-0.15, -0.1) is 0 Å². The minimum atomic E-state index is -0.571. The van der Waals surface area contributed by atoms with Gasteiger partial charge in [-0.3, -0.25) is 4.79 Å². The zero-order valence-corrected chi connectivity index (χ0v) is 11.9. The summed E-state index contributed by atoms with van der Waals surface area (Å²) in [5.74, 6) is -0.924. The molecule has 1 aromatic rings. The summed E-state index contributed by atoms with van der Waals surface area (Å²) < 4.78 is 13.6. The van der Waals surface area contributed by atoms with Crippen LogP contribution >= 0.6 is 27.5 Å². The fraction of sp³-hybridized carbons (Fsp3) is 0.417. The molecule has 1 amide bonds. The van der Waals surface area contributed by atoms with Gasteiger partial charge < -0.3 is 4.90 Å². The maximum Gasteiger partial charge on any atom is 0.258 e. The van der Waals surface area contributed by atoms with Gasteiger partial charge in [0.1, 0.15) is 5.82 Å². The second-order valence-electron chi connectivity index (χ2n) is 3.58. The minimum Gasteiger partial charge on any atom is -0.338 e. The molecule has 0 aromatic heterocycles. The predicted octanol–water partition coefficient (Wildman–Crippen LogP) is 3.73. The molecule has 0 N–H and O–H groups in total. The molecule has 0 saturated heterocycles. The number of carbonyl (C=O) groups excluding carboxylic acids is 1. The second kappa shape index (κ2) is 6.97. The Labute approximate surface area is 114 Å². The summed E-state index contributed by atoms with van der Waals surface area (Å²) in [6, 6.07) is 4.26. The molecular weight excluding hydrogens is 308 g/mol. The van der Waals surface area contributed by atoms with Crippen molar-refractivity contribution in [3.8, 4) is 0 Å². The van der Waals surface area contributed by atoms with Crippen molar-refractivity contribution < 1.29 is 9.18 Å². The maximum absolute atomic E-state index is 13.6. The highest BCUT2D eigenvalue weighted by molar-refractivity contribution is 9.09. The zero-order chi connectivity index (χ0) is 12.8. The van der Waals surface area contributed by atoms with E-state index in [0.29, 0.717) is 18.4 Å². The van der Waals surface area contributed by atoms with Crippen molar-refractivity contribution in [1.29, 1.82) is 0 Å². The van der Waals surface area contributed by atoms with E-state index >= 15 is 0 Å². The monoisotopic (exact) mass is 321 g/mol. The fourth-order valence-corrected chi connectivity index (χ4v) is 2.22. The minimum absolute atomic E-state index is 0.0384. The highest BCUT2D eigenvalue weighted by Crippen LogP contribution is 2.21. The Kier molecular flexibility index (Phi) is 5.92. The molecule has 0 atom stereocenters. The van der Waals surface area contributed by atoms with Gasteiger partial charge in [0.2, 0.25) is 0 Å². The smallest absolute Gasteiger partial charge is 0.258 e. The lowest BCUT2D eigenvalue weighted by molar-refractivity contribution is 0.0762. The molecule has 0 fully saturated rings. The fourth-order valence-electron chi connectivity index (χ4n) is 1.55. The van der Waals surface area contributed by atoms with Gasteiger partial charge in [0.15, 0.2) is 0 Å². The van der Waals surface area contributed by atoms with E-state index in [1.165, 1.54) is 18.2 Å². The number of halogens is 3. The molecule has 5 heteroatoms. The van der Waals surface area contributed by atoms with E-state index in [2.05, 4.69) is 15.9 Å². The third-order valence-electron chi connectivity index (χ3n) is 2.31. The third-order valence-corrected chi connectivity index (χ3v) is 2.98. The van der Waals surface area contributed by atoms with Crippen molar-refractivity contribution in [2.45, 2.75) is 13.3 Å². The number of hydrogen-bond donors (Lipinski definition) is 0. The van der Waals surface area contributed by atoms with Gasteiger partial charge in [-0.05, 0) is 18.6 Å². The molecule has 0 aliphatic heterocycles. The van der Waals surface area contributed by atoms with Crippen LogP contribution in [-0.2, 0) is 0 Å². The van der Waals surface area contributed by atoms with E-state index in [1.807, 2.05) is 6.92 Å². The molecule has 17 heavy (non-hydrogen) atoms. The van der Waals surface area contributed by atoms with Crippen LogP contribution in [0.1, 0.15) is 23.7 Å². The Morgan fingerprint density at radius 2 is 2.18 bits per heavy atom. The van der Waals surface area contributed by atoms with Crippen LogP contribution in [0.3, 0.4) is 0 Å². The van der Waals surface area contributed by atoms with Crippen molar-refractivity contribution in [2.75, 3.05) is 18.4 Å². The van der Waals surface area contributed by atoms with E-state index in [0.717, 1.165) is 6.42 Å². The van der Waals surface area contributed by atoms with E-state index in [4.69, 9.17) is 11.6 Å². The van der Waals surface area contributed by atoms with E-state index in [-0.39, 0.29) is 16.5 Å². The van der Waals surface area contributed by atoms with Crippen LogP contribution < -0.4 is 0 Å². The Morgan fingerprint density at radius 1 is 1.47 bits per heavy atom. The average Bonchev–Trinajstić information content (AvgIpc) is 2.28. The van der Waals surface area contributed by atoms with Crippen LogP contribution in [0.4, 0.5) is 4.39 Å². The Morgan fingerprint density at radius 3 is 2.71 bits per heavy atom. The Balaban J connectivity index is 3.00. The van der Waals surface area contributed by atoms with E-state index in [1.54, 1.807) is 4.90 Å². The summed E-state index contributed by atoms with van der Waals surface area (Å²) in [6.07, 6.45) is 0.824. The molecule has 0 spiro atoms. The largest absolute Gasteiger partial charge is 0.338 e. The summed E-state index contributed by atoms with van der Waals surface area (Å²) in [6.45, 7) is 3.10. The van der Waals surface area contributed by atoms with Gasteiger partial charge in [0.25, 0.3) is 5.91 Å². The molecule has 94 valence electrons. The third kappa shape index (κ3) is 3.68. The van der Waals surface area contributed by atoms with Gasteiger partial charge in [0.05, 0.1) is 10.6 Å². The first-order chi connectivity index (χ1) is 8.11. The van der Waals surface area contributed by atoms with Gasteiger partial charge in [0, 0.05) is 18.4 Å². The van der Waals surface area contributed by atoms with Crippen LogP contribution in [0.2, 0.25) is 5.02 Å². The first-order valence-corrected chi connectivity index (χ1v) is 6.91. The molecule has 0 heterocycles. The van der Waals surface area contributed by atoms with E-state index < -0.39 is 5.82 Å². The number of rotatable bonds is 5. The van der Waals surface area contributed by atoms with E-state index in [9.17, 15) is 9.18 Å². The predicted molar refractivity (Wildman–Crippen MR) is 71.4 cm³/mol. The molecule has 0 radical (unpaired) electrons. The van der Waals surface area contributed by atoms with Crippen molar-refractivity contribution in [2.24, 2.45) is 0 Å². The highest BCUT2D eigenvalue weighted by atomic mass is 79.9. The lowest BCUT2D eigenvalue weighted by Crippen LogP contribution is -2.34. The van der Waals surface area contributed by atoms with Crippen LogP contribution in [0, 0.1) is 5.82 Å². The molecule has 0 aliphatic rings. The summed E-state index contributed by atoms with van der Waals surface area (Å²) in [5, 5.41) is 0.816. The average molecular weight is 323 g/mol. The molecular formula is C12H14BrClFNO. The summed E-state index contributed by atoms with van der Waals surface area (Å²) in [7, 11) is 0. The van der Waals surface area contributed by atoms with Crippen LogP contribution in [0.15, 0.2) is 18.2 Å². The molecule has 0 aliphatic carbocycles. The lowest BCUT2D eigenvalue weighted by Gasteiger charge is -2.21. The normalized spacial score (nSPS) is 10.4. The molecule has 2 nitrogen and oxygen atoms in total. The van der Waals surface area contributed by atoms with Gasteiger partial charge in [-0.25, -0.2) is 4.39 Å². The Hall–Kier alpha value is -0.610. The van der Waals surface area contributed by atoms with Crippen molar-refractivity contribution in [3.63, 3.8) is 0 Å². The number of alkyl halides is 1. The molecule has 0 bridgehead atoms. The highest BCUT2D eigenvalue weighted by Gasteiger charge is 2.20. The van der Waals surface area contributed by atoms with Crippen LogP contribution in [0.25, 0.3) is 0 Å². The molecule has 1 aromatic carbocycles. The number of benzene rings is 1. The quantitative estimate of drug-likeness (QED) is 0.757. The zero-order valence-electron chi connectivity index (χ0n) is 9.55. The summed E-state index contributed by atoms with van der Waals surface area (Å²) >= 11 is 9.15. The van der Waals surface area contributed by atoms with Crippen molar-refractivity contribution in [3.05, 3.63) is 34.6 Å². The van der Waals surface area contributed by atoms with Gasteiger partial charge in [-0.1, -0.05) is 40.5 Å². The van der Waals surface area contributed by atoms with Crippen LogP contribution in [-0.4, -0.2) is 29.2 Å². The lowest BCUT2D eigenvalue weighted by atomic mass is 10.1. The standard InChI is InChI=1S/C12H14BrClFNO/c1-2-7-16(8-6-13)12(17)11-9(14)4-3-5-10(11)15/h3-5H,2,6-8H2,1H3. The molecule has 0 saturated carbocycles. The van der Waals surface area contributed by atoms with Gasteiger partial charge in [-0.2, -0.15) is 0 Å². The SMILES string of the molecule is CCCN(CCBr)C(=O)c1c(F)cccc1Cl. The van der Waals surface area contributed by atoms with Crippen LogP contribution in [0.5, 0.6) is 0 Å². The second-order valence-corrected chi connectivity index (χ2v) is 4.78. The number of nitrogens with zero attached hydrogens (tertiary/aromatic N) is 1.